The number of carbonyl (C=O) groups excluding carboxylic acids is 1. The lowest BCUT2D eigenvalue weighted by Gasteiger charge is -2.32. The second-order valence-electron chi connectivity index (χ2n) is 8.88. The molecule has 1 atom stereocenters. The van der Waals surface area contributed by atoms with E-state index in [0.717, 1.165) is 35.3 Å². The summed E-state index contributed by atoms with van der Waals surface area (Å²) in [7, 11) is -3.45. The summed E-state index contributed by atoms with van der Waals surface area (Å²) >= 11 is 0. The maximum atomic E-state index is 12.9. The highest BCUT2D eigenvalue weighted by molar-refractivity contribution is 7.88. The number of rotatable bonds is 7. The van der Waals surface area contributed by atoms with E-state index in [-0.39, 0.29) is 30.3 Å². The van der Waals surface area contributed by atoms with Gasteiger partial charge in [-0.1, -0.05) is 36.4 Å². The minimum absolute atomic E-state index is 0.116. The summed E-state index contributed by atoms with van der Waals surface area (Å²) in [5.41, 5.74) is 3.43. The summed E-state index contributed by atoms with van der Waals surface area (Å²) < 4.78 is 27.3. The molecule has 8 nitrogen and oxygen atoms in total. The number of carbonyl (C=O) groups is 1. The monoisotopic (exact) mass is 469 g/mol. The number of imidazole rings is 1. The fourth-order valence-corrected chi connectivity index (χ4v) is 5.80. The van der Waals surface area contributed by atoms with Crippen molar-refractivity contribution in [2.75, 3.05) is 13.1 Å². The third-order valence-corrected chi connectivity index (χ3v) is 7.33. The van der Waals surface area contributed by atoms with Crippen LogP contribution in [0.25, 0.3) is 11.0 Å². The van der Waals surface area contributed by atoms with Gasteiger partial charge in [0.05, 0.1) is 16.8 Å². The third kappa shape index (κ3) is 5.91. The maximum Gasteiger partial charge on any atom is 0.317 e. The number of hydrogen-bond donors (Lipinski definition) is 3. The zero-order chi connectivity index (χ0) is 23.4. The number of benzene rings is 2. The van der Waals surface area contributed by atoms with Crippen molar-refractivity contribution in [1.29, 1.82) is 0 Å². The summed E-state index contributed by atoms with van der Waals surface area (Å²) in [5, 5.41) is 2.98. The van der Waals surface area contributed by atoms with E-state index < -0.39 is 10.0 Å². The molecule has 2 amide bonds. The number of nitrogens with zero attached hydrogens (tertiary/aromatic N) is 2. The van der Waals surface area contributed by atoms with Gasteiger partial charge in [-0.3, -0.25) is 0 Å². The molecule has 0 bridgehead atoms. The van der Waals surface area contributed by atoms with Crippen LogP contribution in [0.2, 0.25) is 0 Å². The number of amides is 2. The predicted octanol–water partition coefficient (Wildman–Crippen LogP) is 3.48. The fraction of sp³-hybridized carbons (Fsp3) is 0.417. The van der Waals surface area contributed by atoms with Crippen molar-refractivity contribution in [3.05, 3.63) is 65.5 Å². The van der Waals surface area contributed by atoms with Crippen LogP contribution in [0.3, 0.4) is 0 Å². The largest absolute Gasteiger partial charge is 0.342 e. The lowest BCUT2D eigenvalue weighted by Crippen LogP contribution is -2.45. The summed E-state index contributed by atoms with van der Waals surface area (Å²) in [6, 6.07) is 14.9. The normalized spacial score (nSPS) is 16.9. The Morgan fingerprint density at radius 2 is 1.88 bits per heavy atom. The number of aromatic nitrogens is 2. The molecule has 0 saturated carbocycles. The van der Waals surface area contributed by atoms with Crippen molar-refractivity contribution in [2.45, 2.75) is 50.9 Å². The highest BCUT2D eigenvalue weighted by Crippen LogP contribution is 2.26. The number of piperidine rings is 1. The molecule has 0 radical (unpaired) electrons. The Hall–Kier alpha value is -2.91. The Balaban J connectivity index is 1.39. The van der Waals surface area contributed by atoms with E-state index in [9.17, 15) is 13.2 Å². The van der Waals surface area contributed by atoms with Crippen LogP contribution in [-0.4, -0.2) is 48.4 Å². The Kier molecular flexibility index (Phi) is 6.99. The van der Waals surface area contributed by atoms with Crippen LogP contribution in [0, 0.1) is 0 Å². The summed E-state index contributed by atoms with van der Waals surface area (Å²) in [6.45, 7) is 5.15. The van der Waals surface area contributed by atoms with Gasteiger partial charge >= 0.3 is 6.03 Å². The van der Waals surface area contributed by atoms with Crippen molar-refractivity contribution in [3.63, 3.8) is 0 Å². The van der Waals surface area contributed by atoms with E-state index in [0.29, 0.717) is 18.7 Å². The Bertz CT molecular complexity index is 1190. The van der Waals surface area contributed by atoms with Gasteiger partial charge in [-0.2, -0.15) is 0 Å². The van der Waals surface area contributed by atoms with Crippen molar-refractivity contribution in [3.8, 4) is 0 Å². The van der Waals surface area contributed by atoms with Crippen molar-refractivity contribution < 1.29 is 13.2 Å². The lowest BCUT2D eigenvalue weighted by atomic mass is 9.97. The predicted molar refractivity (Wildman–Crippen MR) is 129 cm³/mol. The molecular formula is C24H31N5O3S. The van der Waals surface area contributed by atoms with Gasteiger partial charge in [0.15, 0.2) is 0 Å². The molecule has 4 rings (SSSR count). The molecule has 1 aliphatic heterocycles. The second kappa shape index (κ2) is 9.93. The quantitative estimate of drug-likeness (QED) is 0.492. The van der Waals surface area contributed by atoms with Gasteiger partial charge in [0.1, 0.15) is 5.82 Å². The van der Waals surface area contributed by atoms with Gasteiger partial charge in [-0.05, 0) is 49.9 Å². The Morgan fingerprint density at radius 3 is 2.64 bits per heavy atom. The lowest BCUT2D eigenvalue weighted by molar-refractivity contribution is 0.178. The highest BCUT2D eigenvalue weighted by atomic mass is 32.2. The average molecular weight is 470 g/mol. The molecule has 33 heavy (non-hydrogen) atoms. The average Bonchev–Trinajstić information content (AvgIpc) is 3.22. The molecule has 2 aromatic carbocycles. The number of H-pyrrole nitrogens is 1. The summed E-state index contributed by atoms with van der Waals surface area (Å²) in [4.78, 5) is 22.8. The second-order valence-corrected chi connectivity index (χ2v) is 10.6. The fourth-order valence-electron chi connectivity index (χ4n) is 4.31. The topological polar surface area (TPSA) is 107 Å². The molecule has 0 unspecified atom stereocenters. The molecule has 0 spiro atoms. The Labute approximate surface area is 194 Å². The number of para-hydroxylation sites is 2. The van der Waals surface area contributed by atoms with Crippen LogP contribution in [0.1, 0.15) is 49.6 Å². The van der Waals surface area contributed by atoms with Crippen LogP contribution < -0.4 is 10.0 Å². The van der Waals surface area contributed by atoms with E-state index in [1.54, 1.807) is 19.9 Å². The van der Waals surface area contributed by atoms with Crippen molar-refractivity contribution >= 4 is 27.1 Å². The molecule has 9 heteroatoms. The molecule has 3 N–H and O–H groups in total. The first-order valence-electron chi connectivity index (χ1n) is 11.3. The van der Waals surface area contributed by atoms with Crippen LogP contribution in [0.15, 0.2) is 48.5 Å². The van der Waals surface area contributed by atoms with Gasteiger partial charge in [0.25, 0.3) is 0 Å². The molecule has 2 heterocycles. The first kappa shape index (κ1) is 23.3. The van der Waals surface area contributed by atoms with Gasteiger partial charge < -0.3 is 15.2 Å². The highest BCUT2D eigenvalue weighted by Gasteiger charge is 2.27. The van der Waals surface area contributed by atoms with E-state index in [2.05, 4.69) is 15.0 Å². The number of sulfonamides is 1. The molecule has 1 fully saturated rings. The van der Waals surface area contributed by atoms with Gasteiger partial charge in [-0.25, -0.2) is 22.9 Å². The molecular weight excluding hydrogens is 438 g/mol. The van der Waals surface area contributed by atoms with E-state index >= 15 is 0 Å². The molecule has 1 aromatic heterocycles. The molecule has 1 aliphatic rings. The maximum absolute atomic E-state index is 12.9. The Morgan fingerprint density at radius 1 is 1.15 bits per heavy atom. The third-order valence-electron chi connectivity index (χ3n) is 5.81. The number of hydrogen-bond acceptors (Lipinski definition) is 4. The smallest absolute Gasteiger partial charge is 0.317 e. The number of fused-ring (bicyclic) bond motifs is 1. The number of urea groups is 1. The van der Waals surface area contributed by atoms with E-state index in [1.165, 1.54) is 0 Å². The zero-order valence-corrected chi connectivity index (χ0v) is 19.9. The van der Waals surface area contributed by atoms with Gasteiger partial charge in [0, 0.05) is 31.6 Å². The first-order chi connectivity index (χ1) is 15.8. The van der Waals surface area contributed by atoms with E-state index in [4.69, 9.17) is 4.98 Å². The molecule has 3 aromatic rings. The van der Waals surface area contributed by atoms with Crippen LogP contribution in [-0.2, 0) is 22.3 Å². The molecule has 1 saturated heterocycles. The van der Waals surface area contributed by atoms with Crippen molar-refractivity contribution in [1.82, 2.24) is 24.9 Å². The van der Waals surface area contributed by atoms with Crippen LogP contribution in [0.4, 0.5) is 4.79 Å². The minimum Gasteiger partial charge on any atom is -0.342 e. The number of aromatic amines is 1. The first-order valence-corrected chi connectivity index (χ1v) is 13.0. The molecule has 176 valence electrons. The van der Waals surface area contributed by atoms with Crippen molar-refractivity contribution in [2.24, 2.45) is 0 Å². The van der Waals surface area contributed by atoms with Crippen LogP contribution >= 0.6 is 0 Å². The van der Waals surface area contributed by atoms with Gasteiger partial charge in [-0.15, -0.1) is 0 Å². The molecule has 0 aliphatic carbocycles. The zero-order valence-electron chi connectivity index (χ0n) is 19.0. The van der Waals surface area contributed by atoms with Gasteiger partial charge in [0.2, 0.25) is 10.0 Å². The van der Waals surface area contributed by atoms with E-state index in [1.807, 2.05) is 47.4 Å². The number of likely N-dealkylation sites (tertiary alicyclic amines) is 1. The van der Waals surface area contributed by atoms with Crippen LogP contribution in [0.5, 0.6) is 0 Å². The minimum atomic E-state index is -3.45. The summed E-state index contributed by atoms with van der Waals surface area (Å²) in [6.07, 6.45) is 1.89. The number of nitrogens with one attached hydrogen (secondary N) is 3. The summed E-state index contributed by atoms with van der Waals surface area (Å²) in [5.74, 6) is 0.966. The standard InChI is InChI=1S/C24H31N5O3S/c1-17(2)28-33(31,32)16-20-9-4-3-8-18(20)14-25-24(30)29-13-7-10-19(15-29)23-26-21-11-5-6-12-22(21)27-23/h3-6,8-9,11-12,17,19,28H,7,10,13-16H2,1-2H3,(H,25,30)(H,26,27)/t19-/m1/s1. The SMILES string of the molecule is CC(C)NS(=O)(=O)Cc1ccccc1CNC(=O)N1CCC[C@@H](c2nc3ccccc3[nH]2)C1.